The monoisotopic (exact) mass is 478 g/mol. The van der Waals surface area contributed by atoms with Crippen molar-refractivity contribution in [3.05, 3.63) is 90.0 Å². The van der Waals surface area contributed by atoms with E-state index in [-0.39, 0.29) is 22.4 Å². The van der Waals surface area contributed by atoms with Crippen LogP contribution in [0.4, 0.5) is 11.4 Å². The van der Waals surface area contributed by atoms with Crippen LogP contribution in [-0.2, 0) is 26.0 Å². The van der Waals surface area contributed by atoms with Crippen molar-refractivity contribution in [2.75, 3.05) is 22.9 Å². The SMILES string of the molecule is CC1CCc2ccccc2N1C(=O)COC(=O)c1ccccc1S(=O)(=O)N(C)c1ccccc1. The first-order valence-corrected chi connectivity index (χ1v) is 12.4. The van der Waals surface area contributed by atoms with Gasteiger partial charge in [-0.2, -0.15) is 0 Å². The molecule has 34 heavy (non-hydrogen) atoms. The lowest BCUT2D eigenvalue weighted by molar-refractivity contribution is -0.122. The van der Waals surface area contributed by atoms with Gasteiger partial charge in [-0.25, -0.2) is 13.2 Å². The number of amides is 1. The molecule has 4 rings (SSSR count). The first-order chi connectivity index (χ1) is 16.3. The van der Waals surface area contributed by atoms with Gasteiger partial charge in [0, 0.05) is 18.8 Å². The first kappa shape index (κ1) is 23.5. The normalized spacial score (nSPS) is 15.4. The number of anilines is 2. The Labute approximate surface area is 199 Å². The molecular formula is C26H26N2O5S. The molecule has 1 atom stereocenters. The first-order valence-electron chi connectivity index (χ1n) is 11.0. The lowest BCUT2D eigenvalue weighted by atomic mass is 9.96. The highest BCUT2D eigenvalue weighted by atomic mass is 32.2. The zero-order valence-corrected chi connectivity index (χ0v) is 19.9. The fourth-order valence-corrected chi connectivity index (χ4v) is 5.50. The Kier molecular flexibility index (Phi) is 6.70. The molecule has 1 aliphatic heterocycles. The zero-order chi connectivity index (χ0) is 24.3. The summed E-state index contributed by atoms with van der Waals surface area (Å²) in [6, 6.07) is 22.0. The van der Waals surface area contributed by atoms with E-state index in [1.807, 2.05) is 31.2 Å². The fourth-order valence-electron chi connectivity index (χ4n) is 4.13. The maximum Gasteiger partial charge on any atom is 0.340 e. The molecule has 0 saturated heterocycles. The van der Waals surface area contributed by atoms with Crippen molar-refractivity contribution in [3.8, 4) is 0 Å². The third kappa shape index (κ3) is 4.54. The van der Waals surface area contributed by atoms with Gasteiger partial charge in [0.1, 0.15) is 4.90 Å². The Bertz CT molecular complexity index is 1310. The average Bonchev–Trinajstić information content (AvgIpc) is 2.87. The topological polar surface area (TPSA) is 84.0 Å². The van der Waals surface area contributed by atoms with Crippen molar-refractivity contribution >= 4 is 33.3 Å². The minimum absolute atomic E-state index is 0.0340. The number of benzene rings is 3. The predicted octanol–water partition coefficient (Wildman–Crippen LogP) is 4.04. The molecule has 0 bridgehead atoms. The number of para-hydroxylation sites is 2. The van der Waals surface area contributed by atoms with Crippen LogP contribution in [0.2, 0.25) is 0 Å². The van der Waals surface area contributed by atoms with Crippen LogP contribution in [0.1, 0.15) is 29.3 Å². The van der Waals surface area contributed by atoms with Crippen LogP contribution in [0.15, 0.2) is 83.8 Å². The molecule has 1 heterocycles. The van der Waals surface area contributed by atoms with Gasteiger partial charge in [-0.3, -0.25) is 9.10 Å². The lowest BCUT2D eigenvalue weighted by Crippen LogP contribution is -2.44. The molecule has 0 fully saturated rings. The number of nitrogens with zero attached hydrogens (tertiary/aromatic N) is 2. The lowest BCUT2D eigenvalue weighted by Gasteiger charge is -2.35. The van der Waals surface area contributed by atoms with E-state index in [1.54, 1.807) is 47.4 Å². The maximum atomic E-state index is 13.3. The summed E-state index contributed by atoms with van der Waals surface area (Å²) in [5, 5.41) is 0. The predicted molar refractivity (Wildman–Crippen MR) is 130 cm³/mol. The molecule has 0 spiro atoms. The number of hydrogen-bond acceptors (Lipinski definition) is 5. The second kappa shape index (κ2) is 9.69. The fraction of sp³-hybridized carbons (Fsp3) is 0.231. The highest BCUT2D eigenvalue weighted by molar-refractivity contribution is 7.92. The van der Waals surface area contributed by atoms with Gasteiger partial charge in [0.2, 0.25) is 0 Å². The Hall–Kier alpha value is -3.65. The van der Waals surface area contributed by atoms with Crippen molar-refractivity contribution in [1.82, 2.24) is 0 Å². The molecule has 0 aliphatic carbocycles. The summed E-state index contributed by atoms with van der Waals surface area (Å²) in [6.45, 7) is 1.47. The number of esters is 1. The number of hydrogen-bond donors (Lipinski definition) is 0. The van der Waals surface area contributed by atoms with Crippen LogP contribution in [-0.4, -0.2) is 40.0 Å². The average molecular weight is 479 g/mol. The van der Waals surface area contributed by atoms with E-state index >= 15 is 0 Å². The molecule has 3 aromatic carbocycles. The molecule has 1 unspecified atom stereocenters. The van der Waals surface area contributed by atoms with Crippen LogP contribution in [0, 0.1) is 0 Å². The second-order valence-electron chi connectivity index (χ2n) is 8.16. The summed E-state index contributed by atoms with van der Waals surface area (Å²) >= 11 is 0. The summed E-state index contributed by atoms with van der Waals surface area (Å²) < 4.78 is 33.0. The smallest absolute Gasteiger partial charge is 0.340 e. The summed E-state index contributed by atoms with van der Waals surface area (Å²) in [4.78, 5) is 27.4. The number of carbonyl (C=O) groups is 2. The second-order valence-corrected chi connectivity index (χ2v) is 10.1. The van der Waals surface area contributed by atoms with Crippen LogP contribution in [0.5, 0.6) is 0 Å². The minimum atomic E-state index is -4.04. The van der Waals surface area contributed by atoms with E-state index in [0.29, 0.717) is 5.69 Å². The number of sulfonamides is 1. The Morgan fingerprint density at radius 3 is 2.38 bits per heavy atom. The summed E-state index contributed by atoms with van der Waals surface area (Å²) in [5.41, 5.74) is 2.22. The van der Waals surface area contributed by atoms with Crippen molar-refractivity contribution < 1.29 is 22.7 Å². The summed E-state index contributed by atoms with van der Waals surface area (Å²) in [5.74, 6) is -1.22. The third-order valence-electron chi connectivity index (χ3n) is 5.98. The highest BCUT2D eigenvalue weighted by Gasteiger charge is 2.30. The standard InChI is InChI=1S/C26H26N2O5S/c1-19-16-17-20-10-6-8-14-23(20)28(19)25(29)18-33-26(30)22-13-7-9-15-24(22)34(31,32)27(2)21-11-4-3-5-12-21/h3-15,19H,16-18H2,1-2H3. The van der Waals surface area contributed by atoms with Crippen LogP contribution >= 0.6 is 0 Å². The number of aryl methyl sites for hydroxylation is 1. The van der Waals surface area contributed by atoms with E-state index in [1.165, 1.54) is 19.2 Å². The van der Waals surface area contributed by atoms with E-state index in [4.69, 9.17) is 4.74 Å². The van der Waals surface area contributed by atoms with Gasteiger partial charge in [-0.15, -0.1) is 0 Å². The minimum Gasteiger partial charge on any atom is -0.452 e. The van der Waals surface area contributed by atoms with E-state index < -0.39 is 22.6 Å². The number of carbonyl (C=O) groups excluding carboxylic acids is 2. The van der Waals surface area contributed by atoms with Gasteiger partial charge in [-0.05, 0) is 55.7 Å². The van der Waals surface area contributed by atoms with Crippen molar-refractivity contribution in [2.24, 2.45) is 0 Å². The molecule has 8 heteroatoms. The molecule has 1 aliphatic rings. The van der Waals surface area contributed by atoms with E-state index in [9.17, 15) is 18.0 Å². The Morgan fingerprint density at radius 1 is 0.971 bits per heavy atom. The molecule has 3 aromatic rings. The van der Waals surface area contributed by atoms with E-state index in [0.717, 1.165) is 28.4 Å². The van der Waals surface area contributed by atoms with Crippen molar-refractivity contribution in [2.45, 2.75) is 30.7 Å². The molecule has 0 aromatic heterocycles. The zero-order valence-electron chi connectivity index (χ0n) is 19.0. The quantitative estimate of drug-likeness (QED) is 0.500. The number of fused-ring (bicyclic) bond motifs is 1. The molecular weight excluding hydrogens is 452 g/mol. The van der Waals surface area contributed by atoms with Gasteiger partial charge >= 0.3 is 5.97 Å². The summed E-state index contributed by atoms with van der Waals surface area (Å²) in [7, 11) is -2.62. The molecule has 176 valence electrons. The molecule has 1 amide bonds. The van der Waals surface area contributed by atoms with Gasteiger partial charge in [0.25, 0.3) is 15.9 Å². The van der Waals surface area contributed by atoms with Crippen LogP contribution in [0.3, 0.4) is 0 Å². The van der Waals surface area contributed by atoms with Gasteiger partial charge < -0.3 is 9.64 Å². The number of rotatable bonds is 6. The van der Waals surface area contributed by atoms with Crippen molar-refractivity contribution in [3.63, 3.8) is 0 Å². The van der Waals surface area contributed by atoms with Gasteiger partial charge in [-0.1, -0.05) is 48.5 Å². The molecule has 7 nitrogen and oxygen atoms in total. The van der Waals surface area contributed by atoms with Crippen LogP contribution < -0.4 is 9.21 Å². The largest absolute Gasteiger partial charge is 0.452 e. The van der Waals surface area contributed by atoms with E-state index in [2.05, 4.69) is 0 Å². The van der Waals surface area contributed by atoms with Gasteiger partial charge in [0.05, 0.1) is 11.3 Å². The highest BCUT2D eigenvalue weighted by Crippen LogP contribution is 2.31. The Morgan fingerprint density at radius 2 is 1.62 bits per heavy atom. The molecule has 0 N–H and O–H groups in total. The van der Waals surface area contributed by atoms with Gasteiger partial charge in [0.15, 0.2) is 6.61 Å². The molecule has 0 saturated carbocycles. The number of ether oxygens (including phenoxy) is 1. The van der Waals surface area contributed by atoms with Crippen molar-refractivity contribution in [1.29, 1.82) is 0 Å². The summed E-state index contributed by atoms with van der Waals surface area (Å²) in [6.07, 6.45) is 1.69. The van der Waals surface area contributed by atoms with Crippen LogP contribution in [0.25, 0.3) is 0 Å². The maximum absolute atomic E-state index is 13.3. The third-order valence-corrected chi connectivity index (χ3v) is 7.83. The Balaban J connectivity index is 1.54. The molecule has 0 radical (unpaired) electrons.